The van der Waals surface area contributed by atoms with Gasteiger partial charge in [-0.05, 0) is 24.6 Å². The van der Waals surface area contributed by atoms with Crippen LogP contribution < -0.4 is 15.8 Å². The van der Waals surface area contributed by atoms with Crippen molar-refractivity contribution in [1.82, 2.24) is 0 Å². The van der Waals surface area contributed by atoms with Gasteiger partial charge >= 0.3 is 5.69 Å². The van der Waals surface area contributed by atoms with Crippen LogP contribution >= 0.6 is 0 Å². The Balaban J connectivity index is 1.78. The third kappa shape index (κ3) is 4.67. The number of hydrogen-bond acceptors (Lipinski definition) is 5. The number of nitrogen functional groups attached to an aromatic ring is 1. The SMILES string of the molecule is Nc1ccccc1OCCCC(=O)Nc1ccc([N+](=O)[O-])c(F)c1. The van der Waals surface area contributed by atoms with Crippen LogP contribution in [0.25, 0.3) is 0 Å². The molecule has 0 radical (unpaired) electrons. The molecule has 0 fully saturated rings. The highest BCUT2D eigenvalue weighted by Crippen LogP contribution is 2.21. The fourth-order valence-electron chi connectivity index (χ4n) is 1.98. The van der Waals surface area contributed by atoms with Crippen molar-refractivity contribution in [3.8, 4) is 5.75 Å². The standard InChI is InChI=1S/C16H16FN3O4/c17-12-10-11(7-8-14(12)20(22)23)19-16(21)6-3-9-24-15-5-2-1-4-13(15)18/h1-2,4-5,7-8,10H,3,6,9,18H2,(H,19,21). The molecule has 0 saturated carbocycles. The summed E-state index contributed by atoms with van der Waals surface area (Å²) >= 11 is 0. The minimum absolute atomic E-state index is 0.158. The molecule has 2 aromatic rings. The van der Waals surface area contributed by atoms with E-state index in [0.717, 1.165) is 12.1 Å². The minimum atomic E-state index is -0.999. The summed E-state index contributed by atoms with van der Waals surface area (Å²) in [6, 6.07) is 10.2. The van der Waals surface area contributed by atoms with Crippen LogP contribution in [-0.2, 0) is 4.79 Å². The van der Waals surface area contributed by atoms with Crippen LogP contribution in [0.4, 0.5) is 21.5 Å². The number of nitrogens with two attached hydrogens (primary N) is 1. The van der Waals surface area contributed by atoms with E-state index in [9.17, 15) is 19.3 Å². The Morgan fingerprint density at radius 1 is 1.29 bits per heavy atom. The number of nitrogens with one attached hydrogen (secondary N) is 1. The lowest BCUT2D eigenvalue weighted by Crippen LogP contribution is -2.13. The maximum absolute atomic E-state index is 13.5. The summed E-state index contributed by atoms with van der Waals surface area (Å²) in [6.45, 7) is 0.302. The number of rotatable bonds is 7. The molecule has 0 aliphatic heterocycles. The summed E-state index contributed by atoms with van der Waals surface area (Å²) in [5.41, 5.74) is 5.77. The van der Waals surface area contributed by atoms with E-state index in [4.69, 9.17) is 10.5 Å². The molecule has 0 bridgehead atoms. The molecular weight excluding hydrogens is 317 g/mol. The van der Waals surface area contributed by atoms with Crippen molar-refractivity contribution in [2.45, 2.75) is 12.8 Å². The van der Waals surface area contributed by atoms with Crippen molar-refractivity contribution in [3.63, 3.8) is 0 Å². The quantitative estimate of drug-likeness (QED) is 0.350. The lowest BCUT2D eigenvalue weighted by Gasteiger charge is -2.09. The van der Waals surface area contributed by atoms with Gasteiger partial charge in [-0.2, -0.15) is 4.39 Å². The number of amides is 1. The highest BCUT2D eigenvalue weighted by atomic mass is 19.1. The predicted molar refractivity (Wildman–Crippen MR) is 87.3 cm³/mol. The van der Waals surface area contributed by atoms with Crippen molar-refractivity contribution in [2.24, 2.45) is 0 Å². The van der Waals surface area contributed by atoms with E-state index in [2.05, 4.69) is 5.32 Å². The number of nitro groups is 1. The van der Waals surface area contributed by atoms with E-state index in [-0.39, 0.29) is 18.0 Å². The van der Waals surface area contributed by atoms with Crippen molar-refractivity contribution in [2.75, 3.05) is 17.7 Å². The number of halogens is 1. The summed E-state index contributed by atoms with van der Waals surface area (Å²) in [6.07, 6.45) is 0.598. The third-order valence-electron chi connectivity index (χ3n) is 3.15. The average molecular weight is 333 g/mol. The Bertz CT molecular complexity index is 752. The number of para-hydroxylation sites is 2. The summed E-state index contributed by atoms with van der Waals surface area (Å²) < 4.78 is 18.9. The van der Waals surface area contributed by atoms with E-state index >= 15 is 0 Å². The Labute approximate surface area is 137 Å². The lowest BCUT2D eigenvalue weighted by molar-refractivity contribution is -0.387. The topological polar surface area (TPSA) is 107 Å². The van der Waals surface area contributed by atoms with Gasteiger partial charge in [0.05, 0.1) is 17.2 Å². The first-order valence-corrected chi connectivity index (χ1v) is 7.18. The van der Waals surface area contributed by atoms with E-state index in [1.807, 2.05) is 0 Å². The van der Waals surface area contributed by atoms with Crippen molar-refractivity contribution < 1.29 is 18.8 Å². The van der Waals surface area contributed by atoms with Crippen molar-refractivity contribution in [1.29, 1.82) is 0 Å². The molecule has 7 nitrogen and oxygen atoms in total. The summed E-state index contributed by atoms with van der Waals surface area (Å²) in [5.74, 6) is -0.788. The zero-order valence-corrected chi connectivity index (χ0v) is 12.7. The van der Waals surface area contributed by atoms with Gasteiger partial charge in [-0.3, -0.25) is 14.9 Å². The smallest absolute Gasteiger partial charge is 0.304 e. The second-order valence-corrected chi connectivity index (χ2v) is 4.96. The molecule has 0 aliphatic carbocycles. The first kappa shape index (κ1) is 17.2. The van der Waals surface area contributed by atoms with Crippen LogP contribution in [0.2, 0.25) is 0 Å². The van der Waals surface area contributed by atoms with Crippen LogP contribution in [0.3, 0.4) is 0 Å². The fraction of sp³-hybridized carbons (Fsp3) is 0.188. The number of nitrogens with zero attached hydrogens (tertiary/aromatic N) is 1. The molecule has 2 rings (SSSR count). The van der Waals surface area contributed by atoms with Gasteiger partial charge in [0, 0.05) is 24.2 Å². The largest absolute Gasteiger partial charge is 0.491 e. The van der Waals surface area contributed by atoms with Crippen LogP contribution in [-0.4, -0.2) is 17.4 Å². The van der Waals surface area contributed by atoms with E-state index in [1.165, 1.54) is 6.07 Å². The Morgan fingerprint density at radius 3 is 2.71 bits per heavy atom. The highest BCUT2D eigenvalue weighted by Gasteiger charge is 2.14. The summed E-state index contributed by atoms with van der Waals surface area (Å²) in [4.78, 5) is 21.5. The van der Waals surface area contributed by atoms with Gasteiger partial charge in [-0.25, -0.2) is 0 Å². The van der Waals surface area contributed by atoms with Crippen LogP contribution in [0, 0.1) is 15.9 Å². The third-order valence-corrected chi connectivity index (χ3v) is 3.15. The Hall–Kier alpha value is -3.16. The number of anilines is 2. The van der Waals surface area contributed by atoms with E-state index in [1.54, 1.807) is 24.3 Å². The minimum Gasteiger partial charge on any atom is -0.491 e. The number of ether oxygens (including phenoxy) is 1. The molecule has 24 heavy (non-hydrogen) atoms. The maximum atomic E-state index is 13.5. The fourth-order valence-corrected chi connectivity index (χ4v) is 1.98. The second-order valence-electron chi connectivity index (χ2n) is 4.96. The normalized spacial score (nSPS) is 10.2. The van der Waals surface area contributed by atoms with E-state index in [0.29, 0.717) is 24.5 Å². The lowest BCUT2D eigenvalue weighted by atomic mass is 10.2. The molecule has 0 heterocycles. The molecule has 3 N–H and O–H groups in total. The molecular formula is C16H16FN3O4. The van der Waals surface area contributed by atoms with Crippen LogP contribution in [0.5, 0.6) is 5.75 Å². The van der Waals surface area contributed by atoms with Gasteiger partial charge in [-0.1, -0.05) is 12.1 Å². The van der Waals surface area contributed by atoms with Gasteiger partial charge < -0.3 is 15.8 Å². The molecule has 0 atom stereocenters. The molecule has 0 aromatic heterocycles. The molecule has 0 spiro atoms. The van der Waals surface area contributed by atoms with Gasteiger partial charge in [-0.15, -0.1) is 0 Å². The molecule has 126 valence electrons. The molecule has 0 saturated heterocycles. The predicted octanol–water partition coefficient (Wildman–Crippen LogP) is 3.11. The van der Waals surface area contributed by atoms with Crippen molar-refractivity contribution in [3.05, 3.63) is 58.4 Å². The number of benzene rings is 2. The monoisotopic (exact) mass is 333 g/mol. The van der Waals surface area contributed by atoms with Gasteiger partial charge in [0.1, 0.15) is 5.75 Å². The van der Waals surface area contributed by atoms with Crippen LogP contribution in [0.1, 0.15) is 12.8 Å². The average Bonchev–Trinajstić information content (AvgIpc) is 2.53. The van der Waals surface area contributed by atoms with Gasteiger partial charge in [0.2, 0.25) is 11.7 Å². The Morgan fingerprint density at radius 2 is 2.04 bits per heavy atom. The summed E-state index contributed by atoms with van der Waals surface area (Å²) in [5, 5.41) is 13.0. The number of nitro benzene ring substituents is 1. The number of carbonyl (C=O) groups is 1. The summed E-state index contributed by atoms with van der Waals surface area (Å²) in [7, 11) is 0. The molecule has 2 aromatic carbocycles. The number of hydrogen-bond donors (Lipinski definition) is 2. The zero-order valence-electron chi connectivity index (χ0n) is 12.7. The molecule has 1 amide bonds. The first-order valence-electron chi connectivity index (χ1n) is 7.18. The Kier molecular flexibility index (Phi) is 5.67. The van der Waals surface area contributed by atoms with Gasteiger partial charge in [0.25, 0.3) is 0 Å². The highest BCUT2D eigenvalue weighted by molar-refractivity contribution is 5.90. The second kappa shape index (κ2) is 7.91. The molecule has 0 aliphatic rings. The first-order chi connectivity index (χ1) is 11.5. The number of carbonyl (C=O) groups excluding carboxylic acids is 1. The van der Waals surface area contributed by atoms with Crippen molar-refractivity contribution >= 4 is 23.0 Å². The zero-order chi connectivity index (χ0) is 17.5. The maximum Gasteiger partial charge on any atom is 0.304 e. The van der Waals surface area contributed by atoms with E-state index < -0.39 is 16.4 Å². The molecule has 0 unspecified atom stereocenters. The van der Waals surface area contributed by atoms with Crippen LogP contribution in [0.15, 0.2) is 42.5 Å². The van der Waals surface area contributed by atoms with Gasteiger partial charge in [0.15, 0.2) is 0 Å². The molecule has 8 heteroatoms.